The van der Waals surface area contributed by atoms with Crippen LogP contribution in [-0.4, -0.2) is 142 Å². The molecule has 2 aromatic heterocycles. The van der Waals surface area contributed by atoms with Crippen LogP contribution in [0.2, 0.25) is 5.02 Å². The minimum Gasteiger partial charge on any atom is -0.484 e. The zero-order valence-corrected chi connectivity index (χ0v) is 37.9. The lowest BCUT2D eigenvalue weighted by molar-refractivity contribution is -0.155. The van der Waals surface area contributed by atoms with Crippen LogP contribution in [0.4, 0.5) is 16.0 Å². The number of aromatic nitrogens is 4. The van der Waals surface area contributed by atoms with Crippen LogP contribution in [0.15, 0.2) is 91.5 Å². The Labute approximate surface area is 390 Å². The number of fused-ring (bicyclic) bond motifs is 2. The van der Waals surface area contributed by atoms with E-state index in [0.717, 1.165) is 27.5 Å². The van der Waals surface area contributed by atoms with Gasteiger partial charge in [0.2, 0.25) is 11.8 Å². The third kappa shape index (κ3) is 11.6. The molecule has 8 rings (SSSR count). The molecule has 0 unspecified atom stereocenters. The lowest BCUT2D eigenvalue weighted by Gasteiger charge is -2.40. The fraction of sp³-hybridized carbons (Fsp3) is 0.319. The van der Waals surface area contributed by atoms with Gasteiger partial charge in [-0.1, -0.05) is 23.7 Å². The van der Waals surface area contributed by atoms with E-state index in [4.69, 9.17) is 42.0 Å². The van der Waals surface area contributed by atoms with Gasteiger partial charge in [0.1, 0.15) is 53.7 Å². The molecule has 67 heavy (non-hydrogen) atoms. The molecule has 4 aromatic carbocycles. The Balaban J connectivity index is 0.000000199. The SMILES string of the molecule is COC[C@H]1C(=O)N(Cc2ccc3c(N)ncnc3c2)CCN1C(=O)COc1ccc(Cl)cc1C.COC[C@H]1C(=O)N(Cc2ccc3c(N)ncnc3c2)CCN1C(=O)COc1ccc(F)cc1. The summed E-state index contributed by atoms with van der Waals surface area (Å²) in [7, 11) is 2.99. The Hall–Kier alpha value is -7.22. The Morgan fingerprint density at radius 1 is 0.672 bits per heavy atom. The number of amides is 4. The third-order valence-electron chi connectivity index (χ3n) is 11.3. The average Bonchev–Trinajstić information content (AvgIpc) is 3.31. The quantitative estimate of drug-likeness (QED) is 0.157. The molecular weight excluding hydrogens is 887 g/mol. The number of hydrogen-bond acceptors (Lipinski definition) is 14. The van der Waals surface area contributed by atoms with E-state index in [0.29, 0.717) is 78.5 Å². The smallest absolute Gasteiger partial charge is 0.261 e. The lowest BCUT2D eigenvalue weighted by Crippen LogP contribution is -2.60. The number of halogens is 2. The van der Waals surface area contributed by atoms with E-state index in [1.165, 1.54) is 60.9 Å². The minimum atomic E-state index is -0.758. The number of nitrogens with zero attached hydrogens (tertiary/aromatic N) is 8. The van der Waals surface area contributed by atoms with Crippen molar-refractivity contribution in [3.8, 4) is 11.5 Å². The predicted molar refractivity (Wildman–Crippen MR) is 247 cm³/mol. The van der Waals surface area contributed by atoms with E-state index in [1.54, 1.807) is 28.0 Å². The summed E-state index contributed by atoms with van der Waals surface area (Å²) in [5, 5.41) is 2.11. The number of nitrogen functional groups attached to an aromatic ring is 2. The highest BCUT2D eigenvalue weighted by Crippen LogP contribution is 2.25. The second-order valence-electron chi connectivity index (χ2n) is 15.8. The molecule has 20 heteroatoms. The van der Waals surface area contributed by atoms with Crippen molar-refractivity contribution in [1.82, 2.24) is 39.5 Å². The van der Waals surface area contributed by atoms with Gasteiger partial charge in [-0.05, 0) is 90.3 Å². The third-order valence-corrected chi connectivity index (χ3v) is 11.6. The molecule has 0 radical (unpaired) electrons. The molecule has 4 amide bonds. The molecule has 2 saturated heterocycles. The average molecular weight is 937 g/mol. The van der Waals surface area contributed by atoms with E-state index in [-0.39, 0.29) is 50.1 Å². The molecule has 4 N–H and O–H groups in total. The highest BCUT2D eigenvalue weighted by atomic mass is 35.5. The predicted octanol–water partition coefficient (Wildman–Crippen LogP) is 4.05. The van der Waals surface area contributed by atoms with Gasteiger partial charge < -0.3 is 50.0 Å². The number of benzene rings is 4. The molecular formula is C47H50ClFN10O8. The van der Waals surface area contributed by atoms with Gasteiger partial charge in [-0.15, -0.1) is 0 Å². The second-order valence-corrected chi connectivity index (χ2v) is 16.2. The minimum absolute atomic E-state index is 0.0686. The summed E-state index contributed by atoms with van der Waals surface area (Å²) < 4.78 is 34.7. The zero-order chi connectivity index (χ0) is 47.6. The number of rotatable bonds is 14. The van der Waals surface area contributed by atoms with Gasteiger partial charge in [-0.2, -0.15) is 0 Å². The Bertz CT molecular complexity index is 2750. The van der Waals surface area contributed by atoms with Crippen LogP contribution < -0.4 is 20.9 Å². The highest BCUT2D eigenvalue weighted by molar-refractivity contribution is 6.30. The van der Waals surface area contributed by atoms with Crippen molar-refractivity contribution in [2.45, 2.75) is 32.1 Å². The summed E-state index contributed by atoms with van der Waals surface area (Å²) in [5.74, 6) is 0.374. The van der Waals surface area contributed by atoms with Gasteiger partial charge in [0.05, 0.1) is 24.2 Å². The second kappa shape index (κ2) is 21.8. The maximum atomic E-state index is 13.3. The molecule has 2 aliphatic rings. The van der Waals surface area contributed by atoms with Crippen LogP contribution in [-0.2, 0) is 41.7 Å². The standard InChI is InChI=1S/C24H26ClN5O4.C23H24FN5O4/c1-15-9-17(25)4-6-21(15)34-13-22(31)30-8-7-29(24(32)20(30)12-33-2)11-16-3-5-18-19(10-16)27-14-28-23(18)26;1-32-12-20-23(31)28(11-15-2-7-18-19(10-15)26-14-27-22(18)25)8-9-29(20)21(30)13-33-17-5-3-16(24)4-6-17/h3-6,9-10,14,20H,7-8,11-13H2,1-2H3,(H2,26,27,28);2-7,10,14,20H,8-9,11-13H2,1H3,(H2,25,26,27)/t2*20-/m00/s1. The number of ether oxygens (including phenoxy) is 4. The van der Waals surface area contributed by atoms with E-state index < -0.39 is 17.9 Å². The molecule has 18 nitrogen and oxygen atoms in total. The van der Waals surface area contributed by atoms with Crippen molar-refractivity contribution in [3.63, 3.8) is 0 Å². The molecule has 2 atom stereocenters. The molecule has 6 aromatic rings. The first-order valence-corrected chi connectivity index (χ1v) is 21.6. The number of hydrogen-bond donors (Lipinski definition) is 2. The van der Waals surface area contributed by atoms with Crippen molar-refractivity contribution >= 4 is 68.7 Å². The van der Waals surface area contributed by atoms with Crippen molar-refractivity contribution in [2.24, 2.45) is 0 Å². The van der Waals surface area contributed by atoms with Crippen LogP contribution in [0, 0.1) is 12.7 Å². The fourth-order valence-corrected chi connectivity index (χ4v) is 8.09. The largest absolute Gasteiger partial charge is 0.484 e. The maximum Gasteiger partial charge on any atom is 0.261 e. The summed E-state index contributed by atoms with van der Waals surface area (Å²) >= 11 is 5.98. The molecule has 0 aliphatic carbocycles. The van der Waals surface area contributed by atoms with E-state index in [9.17, 15) is 23.6 Å². The Morgan fingerprint density at radius 2 is 1.16 bits per heavy atom. The molecule has 2 fully saturated rings. The van der Waals surface area contributed by atoms with Crippen LogP contribution in [0.25, 0.3) is 21.8 Å². The van der Waals surface area contributed by atoms with Gasteiger partial charge in [0, 0.05) is 69.3 Å². The normalized spacial score (nSPS) is 16.3. The summed E-state index contributed by atoms with van der Waals surface area (Å²) in [6, 6.07) is 20.4. The number of nitrogens with two attached hydrogens (primary N) is 2. The van der Waals surface area contributed by atoms with Gasteiger partial charge in [-0.3, -0.25) is 19.2 Å². The van der Waals surface area contributed by atoms with Crippen LogP contribution in [0.1, 0.15) is 16.7 Å². The number of carbonyl (C=O) groups is 4. The van der Waals surface area contributed by atoms with E-state index in [2.05, 4.69) is 19.9 Å². The summed E-state index contributed by atoms with van der Waals surface area (Å²) in [5.41, 5.74) is 15.8. The summed E-state index contributed by atoms with van der Waals surface area (Å²) in [6.07, 6.45) is 2.82. The summed E-state index contributed by atoms with van der Waals surface area (Å²) in [4.78, 5) is 75.1. The molecule has 4 heterocycles. The van der Waals surface area contributed by atoms with Crippen LogP contribution in [0.3, 0.4) is 0 Å². The number of piperazine rings is 2. The van der Waals surface area contributed by atoms with Gasteiger partial charge in [0.25, 0.3) is 11.8 Å². The topological polar surface area (TPSA) is 222 Å². The Kier molecular flexibility index (Phi) is 15.6. The van der Waals surface area contributed by atoms with Crippen molar-refractivity contribution < 1.29 is 42.5 Å². The van der Waals surface area contributed by atoms with E-state index >= 15 is 0 Å². The molecule has 2 aliphatic heterocycles. The van der Waals surface area contributed by atoms with Crippen LogP contribution in [0.5, 0.6) is 11.5 Å². The monoisotopic (exact) mass is 936 g/mol. The van der Waals surface area contributed by atoms with Crippen molar-refractivity contribution in [3.05, 3.63) is 119 Å². The van der Waals surface area contributed by atoms with Crippen molar-refractivity contribution in [2.75, 3.05) is 78.3 Å². The number of methoxy groups -OCH3 is 2. The molecule has 0 saturated carbocycles. The van der Waals surface area contributed by atoms with Gasteiger partial charge in [0.15, 0.2) is 13.2 Å². The van der Waals surface area contributed by atoms with Gasteiger partial charge >= 0.3 is 0 Å². The highest BCUT2D eigenvalue weighted by Gasteiger charge is 2.39. The Morgan fingerprint density at radius 3 is 1.64 bits per heavy atom. The van der Waals surface area contributed by atoms with Gasteiger partial charge in [-0.25, -0.2) is 24.3 Å². The van der Waals surface area contributed by atoms with Crippen molar-refractivity contribution in [1.29, 1.82) is 0 Å². The molecule has 0 bridgehead atoms. The first kappa shape index (κ1) is 47.7. The van der Waals surface area contributed by atoms with E-state index in [1.807, 2.05) is 43.3 Å². The number of carbonyl (C=O) groups excluding carboxylic acids is 4. The first-order valence-electron chi connectivity index (χ1n) is 21.2. The van der Waals surface area contributed by atoms with Crippen LogP contribution >= 0.6 is 11.6 Å². The molecule has 350 valence electrons. The zero-order valence-electron chi connectivity index (χ0n) is 37.1. The maximum absolute atomic E-state index is 13.3. The molecule has 0 spiro atoms. The summed E-state index contributed by atoms with van der Waals surface area (Å²) in [6.45, 7) is 3.83. The first-order chi connectivity index (χ1) is 32.3. The number of aryl methyl sites for hydroxylation is 1. The number of anilines is 2. The lowest BCUT2D eigenvalue weighted by atomic mass is 10.1. The fourth-order valence-electron chi connectivity index (χ4n) is 7.87.